The van der Waals surface area contributed by atoms with Crippen LogP contribution in [0.15, 0.2) is 6.07 Å². The van der Waals surface area contributed by atoms with Crippen molar-refractivity contribution in [2.45, 2.75) is 59.0 Å². The molecule has 0 N–H and O–H groups in total. The van der Waals surface area contributed by atoms with E-state index in [1.165, 1.54) is 16.7 Å². The second-order valence-corrected chi connectivity index (χ2v) is 8.89. The first kappa shape index (κ1) is 16.0. The molecular weight excluding hydrogens is 316 g/mol. The van der Waals surface area contributed by atoms with Gasteiger partial charge in [0.25, 0.3) is 0 Å². The van der Waals surface area contributed by atoms with Crippen LogP contribution in [0.1, 0.15) is 44.4 Å². The lowest BCUT2D eigenvalue weighted by Crippen LogP contribution is -2.46. The highest BCUT2D eigenvalue weighted by atomic mass is 16.7. The van der Waals surface area contributed by atoms with Crippen molar-refractivity contribution in [1.82, 2.24) is 0 Å². The molecule has 0 aromatic heterocycles. The Kier molecular flexibility index (Phi) is 3.14. The fraction of sp³-hybridized carbons (Fsp3) is 0.714. The van der Waals surface area contributed by atoms with E-state index < -0.39 is 11.6 Å². The standard InChI is InChI=1S/C21H28O4/c1-11-9-22-20(4)16(11)6-14-13(3)15-7-17-12(2)10-23-21(17,5)25-19(15)8-18(14)24-20/h8,11-12,16-17H,6-7,9-10H2,1-5H3/t11-,12+,16-,17-,20-,21-/m1/s1. The van der Waals surface area contributed by atoms with Gasteiger partial charge >= 0.3 is 0 Å². The number of fused-ring (bicyclic) bond motifs is 4. The Hall–Kier alpha value is -1.26. The van der Waals surface area contributed by atoms with Crippen LogP contribution in [0.3, 0.4) is 0 Å². The van der Waals surface area contributed by atoms with Crippen LogP contribution in [0.2, 0.25) is 0 Å². The van der Waals surface area contributed by atoms with Crippen molar-refractivity contribution in [3.05, 3.63) is 22.8 Å². The van der Waals surface area contributed by atoms with Gasteiger partial charge in [-0.25, -0.2) is 0 Å². The molecule has 0 aliphatic carbocycles. The van der Waals surface area contributed by atoms with Crippen LogP contribution in [0, 0.1) is 30.6 Å². The summed E-state index contributed by atoms with van der Waals surface area (Å²) in [6, 6.07) is 2.08. The summed E-state index contributed by atoms with van der Waals surface area (Å²) in [6.07, 6.45) is 2.06. The summed E-state index contributed by atoms with van der Waals surface area (Å²) in [4.78, 5) is 0. The Labute approximate surface area is 149 Å². The van der Waals surface area contributed by atoms with Gasteiger partial charge in [0.15, 0.2) is 0 Å². The third kappa shape index (κ3) is 2.07. The summed E-state index contributed by atoms with van der Waals surface area (Å²) in [7, 11) is 0. The van der Waals surface area contributed by atoms with Gasteiger partial charge in [-0.05, 0) is 48.3 Å². The summed E-state index contributed by atoms with van der Waals surface area (Å²) in [5.74, 6) is 2.72. The van der Waals surface area contributed by atoms with Gasteiger partial charge in [-0.2, -0.15) is 0 Å². The Bertz CT molecular complexity index is 686. The van der Waals surface area contributed by atoms with E-state index in [1.54, 1.807) is 0 Å². The fourth-order valence-electron chi connectivity index (χ4n) is 5.47. The third-order valence-corrected chi connectivity index (χ3v) is 7.22. The molecular formula is C21H28O4. The molecule has 6 atom stereocenters. The molecule has 0 radical (unpaired) electrons. The second kappa shape index (κ2) is 4.92. The van der Waals surface area contributed by atoms with E-state index in [1.807, 2.05) is 0 Å². The van der Waals surface area contributed by atoms with Crippen molar-refractivity contribution in [3.63, 3.8) is 0 Å². The third-order valence-electron chi connectivity index (χ3n) is 7.22. The summed E-state index contributed by atoms with van der Waals surface area (Å²) >= 11 is 0. The van der Waals surface area contributed by atoms with Crippen molar-refractivity contribution in [1.29, 1.82) is 0 Å². The fourth-order valence-corrected chi connectivity index (χ4v) is 5.47. The maximum absolute atomic E-state index is 6.38. The summed E-state index contributed by atoms with van der Waals surface area (Å²) < 4.78 is 24.8. The Morgan fingerprint density at radius 3 is 1.72 bits per heavy atom. The molecule has 0 unspecified atom stereocenters. The van der Waals surface area contributed by atoms with Gasteiger partial charge in [0.2, 0.25) is 11.6 Å². The maximum atomic E-state index is 6.38. The number of hydrogen-bond acceptors (Lipinski definition) is 4. The molecule has 136 valence electrons. The molecule has 1 aromatic rings. The molecule has 4 aliphatic heterocycles. The quantitative estimate of drug-likeness (QED) is 0.716. The number of ether oxygens (including phenoxy) is 4. The zero-order valence-electron chi connectivity index (χ0n) is 15.8. The van der Waals surface area contributed by atoms with Gasteiger partial charge in [0.05, 0.1) is 13.2 Å². The van der Waals surface area contributed by atoms with Gasteiger partial charge < -0.3 is 18.9 Å². The second-order valence-electron chi connectivity index (χ2n) is 8.89. The average Bonchev–Trinajstić information content (AvgIpc) is 3.01. The van der Waals surface area contributed by atoms with Gasteiger partial charge in [-0.1, -0.05) is 13.8 Å². The predicted octanol–water partition coefficient (Wildman–Crippen LogP) is 3.86. The van der Waals surface area contributed by atoms with Crippen molar-refractivity contribution in [2.75, 3.05) is 13.2 Å². The van der Waals surface area contributed by atoms with Crippen LogP contribution >= 0.6 is 0 Å². The summed E-state index contributed by atoms with van der Waals surface area (Å²) in [5, 5.41) is 0. The maximum Gasteiger partial charge on any atom is 0.211 e. The van der Waals surface area contributed by atoms with E-state index in [-0.39, 0.29) is 0 Å². The molecule has 0 amide bonds. The molecule has 0 spiro atoms. The SMILES string of the molecule is Cc1c2c(cc3c1C[C@@H]1[C@@H](C)CO[C@]1(C)O3)O[C@@]1(C)OC[C@@H](C)[C@H]1C2. The lowest BCUT2D eigenvalue weighted by atomic mass is 9.77. The van der Waals surface area contributed by atoms with Gasteiger partial charge in [0, 0.05) is 31.7 Å². The summed E-state index contributed by atoms with van der Waals surface area (Å²) in [6.45, 7) is 12.5. The van der Waals surface area contributed by atoms with Crippen LogP contribution in [-0.2, 0) is 22.3 Å². The molecule has 2 saturated heterocycles. The van der Waals surface area contributed by atoms with E-state index in [9.17, 15) is 0 Å². The zero-order chi connectivity index (χ0) is 17.6. The highest BCUT2D eigenvalue weighted by molar-refractivity contribution is 5.55. The summed E-state index contributed by atoms with van der Waals surface area (Å²) in [5.41, 5.74) is 4.03. The van der Waals surface area contributed by atoms with Crippen molar-refractivity contribution < 1.29 is 18.9 Å². The van der Waals surface area contributed by atoms with Gasteiger partial charge in [-0.15, -0.1) is 0 Å². The Balaban J connectivity index is 1.59. The zero-order valence-corrected chi connectivity index (χ0v) is 15.8. The molecule has 5 rings (SSSR count). The van der Waals surface area contributed by atoms with E-state index in [4.69, 9.17) is 18.9 Å². The van der Waals surface area contributed by atoms with E-state index in [2.05, 4.69) is 40.7 Å². The minimum atomic E-state index is -0.507. The first-order chi connectivity index (χ1) is 11.8. The van der Waals surface area contributed by atoms with E-state index >= 15 is 0 Å². The van der Waals surface area contributed by atoms with Crippen LogP contribution < -0.4 is 9.47 Å². The number of benzene rings is 1. The average molecular weight is 344 g/mol. The molecule has 4 nitrogen and oxygen atoms in total. The Morgan fingerprint density at radius 2 is 1.28 bits per heavy atom. The molecule has 25 heavy (non-hydrogen) atoms. The monoisotopic (exact) mass is 344 g/mol. The topological polar surface area (TPSA) is 36.9 Å². The predicted molar refractivity (Wildman–Crippen MR) is 93.9 cm³/mol. The van der Waals surface area contributed by atoms with Gasteiger partial charge in [0.1, 0.15) is 11.5 Å². The number of rotatable bonds is 0. The first-order valence-corrected chi connectivity index (χ1v) is 9.62. The largest absolute Gasteiger partial charge is 0.462 e. The minimum absolute atomic E-state index is 0.417. The van der Waals surface area contributed by atoms with Gasteiger partial charge in [-0.3, -0.25) is 0 Å². The van der Waals surface area contributed by atoms with Crippen LogP contribution in [0.4, 0.5) is 0 Å². The first-order valence-electron chi connectivity index (χ1n) is 9.62. The Morgan fingerprint density at radius 1 is 0.840 bits per heavy atom. The van der Waals surface area contributed by atoms with E-state index in [0.29, 0.717) is 23.7 Å². The van der Waals surface area contributed by atoms with Crippen LogP contribution in [0.25, 0.3) is 0 Å². The molecule has 4 heterocycles. The molecule has 4 heteroatoms. The highest BCUT2D eigenvalue weighted by Gasteiger charge is 2.53. The molecule has 0 bridgehead atoms. The lowest BCUT2D eigenvalue weighted by molar-refractivity contribution is -0.170. The van der Waals surface area contributed by atoms with Crippen molar-refractivity contribution in [3.8, 4) is 11.5 Å². The van der Waals surface area contributed by atoms with Crippen molar-refractivity contribution >= 4 is 0 Å². The van der Waals surface area contributed by atoms with Crippen LogP contribution in [-0.4, -0.2) is 24.8 Å². The smallest absolute Gasteiger partial charge is 0.211 e. The number of hydrogen-bond donors (Lipinski definition) is 0. The minimum Gasteiger partial charge on any atom is -0.462 e. The molecule has 4 aliphatic rings. The highest BCUT2D eigenvalue weighted by Crippen LogP contribution is 2.52. The van der Waals surface area contributed by atoms with Crippen molar-refractivity contribution in [2.24, 2.45) is 23.7 Å². The normalized spacial score (nSPS) is 44.2. The molecule has 2 fully saturated rings. The lowest BCUT2D eigenvalue weighted by Gasteiger charge is -2.42. The molecule has 1 aromatic carbocycles. The molecule has 0 saturated carbocycles. The van der Waals surface area contributed by atoms with Crippen LogP contribution in [0.5, 0.6) is 11.5 Å². The van der Waals surface area contributed by atoms with E-state index in [0.717, 1.165) is 37.6 Å².